The van der Waals surface area contributed by atoms with Crippen LogP contribution in [0.1, 0.15) is 18.6 Å². The first kappa shape index (κ1) is 14.3. The van der Waals surface area contributed by atoms with E-state index in [1.807, 2.05) is 30.3 Å². The molecular weight excluding hydrogens is 296 g/mol. The molecule has 2 bridgehead atoms. The normalized spacial score (nSPS) is 27.2. The van der Waals surface area contributed by atoms with Crippen LogP contribution in [0, 0.1) is 5.92 Å². The molecule has 0 saturated carbocycles. The predicted octanol–water partition coefficient (Wildman–Crippen LogP) is 3.78. The monoisotopic (exact) mass is 316 g/mol. The lowest BCUT2D eigenvalue weighted by Gasteiger charge is -2.45. The van der Waals surface area contributed by atoms with E-state index in [1.165, 1.54) is 32.5 Å². The third-order valence-corrected chi connectivity index (χ3v) is 5.20. The Morgan fingerprint density at radius 1 is 1.18 bits per heavy atom. The van der Waals surface area contributed by atoms with E-state index in [-0.39, 0.29) is 0 Å². The number of halogens is 1. The molecule has 5 rings (SSSR count). The fraction of sp³-hybridized carbons (Fsp3) is 0.444. The Labute approximate surface area is 136 Å². The van der Waals surface area contributed by atoms with Gasteiger partial charge in [0.2, 0.25) is 0 Å². The molecule has 1 atom stereocenters. The van der Waals surface area contributed by atoms with Gasteiger partial charge in [-0.3, -0.25) is 0 Å². The number of rotatable bonds is 4. The minimum atomic E-state index is 0.613. The number of hydrogen-bond acceptors (Lipinski definition) is 3. The fourth-order valence-electron chi connectivity index (χ4n) is 3.70. The Balaban J connectivity index is 1.40. The van der Waals surface area contributed by atoms with Crippen molar-refractivity contribution in [2.75, 3.05) is 19.6 Å². The number of nitrogens with zero attached hydrogens (tertiary/aromatic N) is 1. The Bertz CT molecular complexity index is 646. The van der Waals surface area contributed by atoms with Crippen LogP contribution < -0.4 is 5.32 Å². The first-order valence-electron chi connectivity index (χ1n) is 8.08. The summed E-state index contributed by atoms with van der Waals surface area (Å²) < 4.78 is 5.96. The molecule has 4 heterocycles. The van der Waals surface area contributed by atoms with Gasteiger partial charge in [0, 0.05) is 23.2 Å². The minimum absolute atomic E-state index is 0.613. The maximum atomic E-state index is 6.04. The smallest absolute Gasteiger partial charge is 0.134 e. The molecule has 0 spiro atoms. The Kier molecular flexibility index (Phi) is 3.95. The average molecular weight is 317 g/mol. The number of furan rings is 1. The Morgan fingerprint density at radius 2 is 2.05 bits per heavy atom. The molecule has 3 fully saturated rings. The lowest BCUT2D eigenvalue weighted by atomic mass is 9.84. The van der Waals surface area contributed by atoms with Gasteiger partial charge in [-0.1, -0.05) is 23.7 Å². The van der Waals surface area contributed by atoms with E-state index in [4.69, 9.17) is 16.0 Å². The van der Waals surface area contributed by atoms with Gasteiger partial charge in [0.25, 0.3) is 0 Å². The van der Waals surface area contributed by atoms with E-state index in [9.17, 15) is 0 Å². The Morgan fingerprint density at radius 3 is 2.77 bits per heavy atom. The van der Waals surface area contributed by atoms with Gasteiger partial charge in [-0.15, -0.1) is 0 Å². The molecule has 4 heteroatoms. The number of nitrogens with one attached hydrogen (secondary N) is 1. The summed E-state index contributed by atoms with van der Waals surface area (Å²) >= 11 is 6.04. The summed E-state index contributed by atoms with van der Waals surface area (Å²) in [6.07, 6.45) is 2.67. The lowest BCUT2D eigenvalue weighted by Crippen LogP contribution is -2.55. The first-order valence-corrected chi connectivity index (χ1v) is 8.46. The van der Waals surface area contributed by atoms with Crippen LogP contribution in [-0.2, 0) is 6.54 Å². The molecule has 0 unspecified atom stereocenters. The Hall–Kier alpha value is -1.29. The van der Waals surface area contributed by atoms with E-state index in [0.29, 0.717) is 6.04 Å². The van der Waals surface area contributed by atoms with Crippen molar-refractivity contribution in [1.29, 1.82) is 0 Å². The summed E-state index contributed by atoms with van der Waals surface area (Å²) in [6, 6.07) is 12.5. The second-order valence-corrected chi connectivity index (χ2v) is 6.84. The molecule has 0 radical (unpaired) electrons. The van der Waals surface area contributed by atoms with Crippen molar-refractivity contribution in [1.82, 2.24) is 10.2 Å². The highest BCUT2D eigenvalue weighted by Gasteiger charge is 2.33. The van der Waals surface area contributed by atoms with Crippen LogP contribution in [0.3, 0.4) is 0 Å². The van der Waals surface area contributed by atoms with E-state index in [0.717, 1.165) is 34.6 Å². The third-order valence-electron chi connectivity index (χ3n) is 4.97. The second-order valence-electron chi connectivity index (χ2n) is 6.40. The number of piperidine rings is 3. The van der Waals surface area contributed by atoms with Gasteiger partial charge in [-0.05, 0) is 56.1 Å². The van der Waals surface area contributed by atoms with Crippen LogP contribution >= 0.6 is 11.6 Å². The summed E-state index contributed by atoms with van der Waals surface area (Å²) in [6.45, 7) is 4.55. The van der Waals surface area contributed by atoms with Crippen LogP contribution in [0.5, 0.6) is 0 Å². The highest BCUT2D eigenvalue weighted by atomic mass is 35.5. The molecule has 1 N–H and O–H groups in total. The quantitative estimate of drug-likeness (QED) is 0.930. The molecule has 0 aliphatic carbocycles. The van der Waals surface area contributed by atoms with Gasteiger partial charge in [0.15, 0.2) is 0 Å². The van der Waals surface area contributed by atoms with Gasteiger partial charge in [-0.25, -0.2) is 0 Å². The van der Waals surface area contributed by atoms with E-state index < -0.39 is 0 Å². The predicted molar refractivity (Wildman–Crippen MR) is 88.9 cm³/mol. The second kappa shape index (κ2) is 6.07. The molecule has 3 saturated heterocycles. The molecule has 1 aromatic heterocycles. The van der Waals surface area contributed by atoms with Crippen molar-refractivity contribution in [2.45, 2.75) is 25.4 Å². The standard InChI is InChI=1S/C18H21ClN2O/c19-15-3-1-2-14(10-15)18-5-4-16(22-18)11-20-17-12-21-8-6-13(17)7-9-21/h1-5,10,13,17,20H,6-9,11-12H2/t17-/m0/s1. The molecule has 2 aromatic rings. The molecule has 3 aliphatic rings. The van der Waals surface area contributed by atoms with Crippen LogP contribution in [0.25, 0.3) is 11.3 Å². The van der Waals surface area contributed by atoms with Crippen LogP contribution in [0.2, 0.25) is 5.02 Å². The third kappa shape index (κ3) is 2.94. The fourth-order valence-corrected chi connectivity index (χ4v) is 3.89. The molecule has 3 aliphatic heterocycles. The van der Waals surface area contributed by atoms with Crippen molar-refractivity contribution >= 4 is 11.6 Å². The molecule has 0 amide bonds. The summed E-state index contributed by atoms with van der Waals surface area (Å²) in [7, 11) is 0. The van der Waals surface area contributed by atoms with Crippen molar-refractivity contribution in [2.24, 2.45) is 5.92 Å². The zero-order valence-corrected chi connectivity index (χ0v) is 13.4. The van der Waals surface area contributed by atoms with E-state index >= 15 is 0 Å². The largest absolute Gasteiger partial charge is 0.460 e. The summed E-state index contributed by atoms with van der Waals surface area (Å²) in [5, 5.41) is 4.42. The number of hydrogen-bond donors (Lipinski definition) is 1. The summed E-state index contributed by atoms with van der Waals surface area (Å²) in [5.74, 6) is 2.71. The van der Waals surface area contributed by atoms with Crippen molar-refractivity contribution in [3.63, 3.8) is 0 Å². The van der Waals surface area contributed by atoms with Gasteiger partial charge in [0.1, 0.15) is 11.5 Å². The molecule has 116 valence electrons. The molecule has 1 aromatic carbocycles. The summed E-state index contributed by atoms with van der Waals surface area (Å²) in [5.41, 5.74) is 1.03. The number of fused-ring (bicyclic) bond motifs is 3. The van der Waals surface area contributed by atoms with Gasteiger partial charge < -0.3 is 14.6 Å². The zero-order chi connectivity index (χ0) is 14.9. The van der Waals surface area contributed by atoms with E-state index in [1.54, 1.807) is 0 Å². The van der Waals surface area contributed by atoms with E-state index in [2.05, 4.69) is 16.3 Å². The molecule has 3 nitrogen and oxygen atoms in total. The average Bonchev–Trinajstić information content (AvgIpc) is 3.03. The van der Waals surface area contributed by atoms with Crippen molar-refractivity contribution < 1.29 is 4.42 Å². The van der Waals surface area contributed by atoms with Crippen molar-refractivity contribution in [3.8, 4) is 11.3 Å². The maximum absolute atomic E-state index is 6.04. The van der Waals surface area contributed by atoms with Gasteiger partial charge in [-0.2, -0.15) is 0 Å². The van der Waals surface area contributed by atoms with Crippen molar-refractivity contribution in [3.05, 3.63) is 47.2 Å². The molecule has 22 heavy (non-hydrogen) atoms. The minimum Gasteiger partial charge on any atom is -0.460 e. The highest BCUT2D eigenvalue weighted by Crippen LogP contribution is 2.28. The summed E-state index contributed by atoms with van der Waals surface area (Å²) in [4.78, 5) is 2.57. The van der Waals surface area contributed by atoms with Gasteiger partial charge >= 0.3 is 0 Å². The van der Waals surface area contributed by atoms with Crippen LogP contribution in [0.4, 0.5) is 0 Å². The lowest BCUT2D eigenvalue weighted by molar-refractivity contribution is 0.0711. The topological polar surface area (TPSA) is 28.4 Å². The van der Waals surface area contributed by atoms with Gasteiger partial charge in [0.05, 0.1) is 6.54 Å². The highest BCUT2D eigenvalue weighted by molar-refractivity contribution is 6.30. The zero-order valence-electron chi connectivity index (χ0n) is 12.6. The van der Waals surface area contributed by atoms with Crippen LogP contribution in [0.15, 0.2) is 40.8 Å². The molecular formula is C18H21ClN2O. The maximum Gasteiger partial charge on any atom is 0.134 e. The number of benzene rings is 1. The first-order chi connectivity index (χ1) is 10.8. The van der Waals surface area contributed by atoms with Crippen LogP contribution in [-0.4, -0.2) is 30.6 Å². The SMILES string of the molecule is Clc1cccc(-c2ccc(CN[C@H]3CN4CCC3CC4)o2)c1.